The molecule has 2 aromatic carbocycles. The Labute approximate surface area is 181 Å². The van der Waals surface area contributed by atoms with E-state index in [-0.39, 0.29) is 25.0 Å². The summed E-state index contributed by atoms with van der Waals surface area (Å²) in [5.74, 6) is -2.41. The maximum atomic E-state index is 12.5. The van der Waals surface area contributed by atoms with Crippen LogP contribution in [0.4, 0.5) is 4.79 Å². The molecule has 0 saturated carbocycles. The van der Waals surface area contributed by atoms with Crippen LogP contribution >= 0.6 is 0 Å². The van der Waals surface area contributed by atoms with E-state index in [1.807, 2.05) is 36.4 Å². The van der Waals surface area contributed by atoms with Crippen molar-refractivity contribution >= 4 is 18.0 Å². The van der Waals surface area contributed by atoms with E-state index in [9.17, 15) is 14.4 Å². The highest BCUT2D eigenvalue weighted by Crippen LogP contribution is 2.44. The number of fused-ring (bicyclic) bond motifs is 3. The largest absolute Gasteiger partial charge is 0.481 e. The van der Waals surface area contributed by atoms with Crippen molar-refractivity contribution < 1.29 is 24.2 Å². The first-order valence-corrected chi connectivity index (χ1v) is 10.4. The minimum absolute atomic E-state index is 0.0102. The van der Waals surface area contributed by atoms with E-state index in [0.717, 1.165) is 22.3 Å². The minimum atomic E-state index is -0.995. The summed E-state index contributed by atoms with van der Waals surface area (Å²) in [6, 6.07) is 15.3. The van der Waals surface area contributed by atoms with E-state index in [0.29, 0.717) is 0 Å². The SMILES string of the molecule is CC(CNC(=O)[C@@H](NC(=O)OCC1c2ccccc2-c2ccccc21)C(C)C)C(=O)O. The third-order valence-electron chi connectivity index (χ3n) is 5.57. The molecule has 7 heteroatoms. The Morgan fingerprint density at radius 1 is 0.968 bits per heavy atom. The van der Waals surface area contributed by atoms with Gasteiger partial charge in [-0.15, -0.1) is 0 Å². The van der Waals surface area contributed by atoms with Gasteiger partial charge < -0.3 is 20.5 Å². The van der Waals surface area contributed by atoms with E-state index in [2.05, 4.69) is 22.8 Å². The first-order chi connectivity index (χ1) is 14.8. The van der Waals surface area contributed by atoms with Crippen molar-refractivity contribution in [3.8, 4) is 11.1 Å². The molecule has 0 fully saturated rings. The summed E-state index contributed by atoms with van der Waals surface area (Å²) in [5, 5.41) is 14.2. The van der Waals surface area contributed by atoms with Crippen LogP contribution in [0.25, 0.3) is 11.1 Å². The van der Waals surface area contributed by atoms with Crippen molar-refractivity contribution in [1.29, 1.82) is 0 Å². The van der Waals surface area contributed by atoms with Gasteiger partial charge in [0, 0.05) is 12.5 Å². The zero-order valence-electron chi connectivity index (χ0n) is 17.9. The minimum Gasteiger partial charge on any atom is -0.481 e. The van der Waals surface area contributed by atoms with Gasteiger partial charge in [0.25, 0.3) is 0 Å². The number of alkyl carbamates (subject to hydrolysis) is 1. The van der Waals surface area contributed by atoms with Gasteiger partial charge in [0.15, 0.2) is 0 Å². The quantitative estimate of drug-likeness (QED) is 0.603. The summed E-state index contributed by atoms with van der Waals surface area (Å²) in [7, 11) is 0. The van der Waals surface area contributed by atoms with Gasteiger partial charge in [0.2, 0.25) is 5.91 Å². The fourth-order valence-electron chi connectivity index (χ4n) is 3.75. The number of carbonyl (C=O) groups is 3. The van der Waals surface area contributed by atoms with Gasteiger partial charge in [0.1, 0.15) is 12.6 Å². The number of benzene rings is 2. The molecule has 0 saturated heterocycles. The maximum Gasteiger partial charge on any atom is 0.407 e. The number of nitrogens with one attached hydrogen (secondary N) is 2. The zero-order valence-corrected chi connectivity index (χ0v) is 17.9. The molecule has 3 rings (SSSR count). The number of carboxylic acid groups (broad SMARTS) is 1. The number of carboxylic acids is 1. The standard InChI is InChI=1S/C24H28N2O5/c1-14(2)21(22(27)25-12-15(3)23(28)29)26-24(30)31-13-20-18-10-6-4-8-16(18)17-9-5-7-11-19(17)20/h4-11,14-15,20-21H,12-13H2,1-3H3,(H,25,27)(H,26,30)(H,28,29)/t15?,21-/m0/s1. The second-order valence-electron chi connectivity index (χ2n) is 8.18. The number of rotatable bonds is 8. The monoisotopic (exact) mass is 424 g/mol. The van der Waals surface area contributed by atoms with Crippen LogP contribution in [0.5, 0.6) is 0 Å². The second-order valence-corrected chi connectivity index (χ2v) is 8.18. The van der Waals surface area contributed by atoms with Crippen LogP contribution in [-0.4, -0.2) is 42.3 Å². The summed E-state index contributed by atoms with van der Waals surface area (Å²) in [6.45, 7) is 5.25. The lowest BCUT2D eigenvalue weighted by molar-refractivity contribution is -0.141. The number of carbonyl (C=O) groups excluding carboxylic acids is 2. The Kier molecular flexibility index (Phi) is 6.95. The van der Waals surface area contributed by atoms with Gasteiger partial charge in [0.05, 0.1) is 5.92 Å². The van der Waals surface area contributed by atoms with Gasteiger partial charge in [-0.25, -0.2) is 4.79 Å². The molecule has 1 aliphatic carbocycles. The van der Waals surface area contributed by atoms with Gasteiger partial charge in [-0.3, -0.25) is 9.59 Å². The molecule has 2 amide bonds. The van der Waals surface area contributed by atoms with Gasteiger partial charge in [-0.1, -0.05) is 69.3 Å². The summed E-state index contributed by atoms with van der Waals surface area (Å²) in [6.07, 6.45) is -0.679. The van der Waals surface area contributed by atoms with Crippen molar-refractivity contribution in [2.45, 2.75) is 32.7 Å². The normalized spacial score (nSPS) is 14.3. The van der Waals surface area contributed by atoms with Crippen molar-refractivity contribution in [3.63, 3.8) is 0 Å². The molecule has 164 valence electrons. The fraction of sp³-hybridized carbons (Fsp3) is 0.375. The molecule has 0 bridgehead atoms. The van der Waals surface area contributed by atoms with Crippen LogP contribution in [0.15, 0.2) is 48.5 Å². The highest BCUT2D eigenvalue weighted by Gasteiger charge is 2.30. The lowest BCUT2D eigenvalue weighted by Gasteiger charge is -2.22. The van der Waals surface area contributed by atoms with Crippen LogP contribution in [0.1, 0.15) is 37.8 Å². The Morgan fingerprint density at radius 2 is 1.52 bits per heavy atom. The van der Waals surface area contributed by atoms with Crippen molar-refractivity contribution in [3.05, 3.63) is 59.7 Å². The van der Waals surface area contributed by atoms with E-state index >= 15 is 0 Å². The number of aliphatic carboxylic acids is 1. The van der Waals surface area contributed by atoms with Crippen LogP contribution in [0.2, 0.25) is 0 Å². The lowest BCUT2D eigenvalue weighted by Crippen LogP contribution is -2.51. The molecule has 7 nitrogen and oxygen atoms in total. The highest BCUT2D eigenvalue weighted by molar-refractivity contribution is 5.86. The van der Waals surface area contributed by atoms with Crippen molar-refractivity contribution in [1.82, 2.24) is 10.6 Å². The molecular weight excluding hydrogens is 396 g/mol. The second kappa shape index (κ2) is 9.64. The molecular formula is C24H28N2O5. The van der Waals surface area contributed by atoms with Gasteiger partial charge >= 0.3 is 12.1 Å². The molecule has 1 unspecified atom stereocenters. The summed E-state index contributed by atoms with van der Waals surface area (Å²) < 4.78 is 5.51. The number of amides is 2. The maximum absolute atomic E-state index is 12.5. The van der Waals surface area contributed by atoms with E-state index < -0.39 is 29.9 Å². The molecule has 1 aliphatic rings. The average Bonchev–Trinajstić information content (AvgIpc) is 3.07. The first kappa shape index (κ1) is 22.3. The van der Waals surface area contributed by atoms with Crippen molar-refractivity contribution in [2.75, 3.05) is 13.2 Å². The van der Waals surface area contributed by atoms with Crippen LogP contribution in [-0.2, 0) is 14.3 Å². The average molecular weight is 424 g/mol. The Balaban J connectivity index is 1.62. The first-order valence-electron chi connectivity index (χ1n) is 10.4. The predicted octanol–water partition coefficient (Wildman–Crippen LogP) is 3.39. The lowest BCUT2D eigenvalue weighted by atomic mass is 9.98. The predicted molar refractivity (Wildman–Crippen MR) is 117 cm³/mol. The van der Waals surface area contributed by atoms with Crippen molar-refractivity contribution in [2.24, 2.45) is 11.8 Å². The smallest absolute Gasteiger partial charge is 0.407 e. The van der Waals surface area contributed by atoms with Gasteiger partial charge in [-0.05, 0) is 28.2 Å². The fourth-order valence-corrected chi connectivity index (χ4v) is 3.75. The van der Waals surface area contributed by atoms with E-state index in [4.69, 9.17) is 9.84 Å². The zero-order chi connectivity index (χ0) is 22.5. The highest BCUT2D eigenvalue weighted by atomic mass is 16.5. The summed E-state index contributed by atoms with van der Waals surface area (Å²) in [4.78, 5) is 35.9. The molecule has 2 atom stereocenters. The molecule has 31 heavy (non-hydrogen) atoms. The summed E-state index contributed by atoms with van der Waals surface area (Å²) in [5.41, 5.74) is 4.49. The van der Waals surface area contributed by atoms with Crippen LogP contribution in [0.3, 0.4) is 0 Å². The van der Waals surface area contributed by atoms with Gasteiger partial charge in [-0.2, -0.15) is 0 Å². The number of ether oxygens (including phenoxy) is 1. The molecule has 0 radical (unpaired) electrons. The van der Waals surface area contributed by atoms with E-state index in [1.165, 1.54) is 6.92 Å². The number of hydrogen-bond donors (Lipinski definition) is 3. The van der Waals surface area contributed by atoms with Crippen LogP contribution < -0.4 is 10.6 Å². The number of hydrogen-bond acceptors (Lipinski definition) is 4. The molecule has 0 spiro atoms. The topological polar surface area (TPSA) is 105 Å². The third kappa shape index (κ3) is 5.05. The molecule has 3 N–H and O–H groups in total. The molecule has 2 aromatic rings. The van der Waals surface area contributed by atoms with E-state index in [1.54, 1.807) is 13.8 Å². The molecule has 0 aromatic heterocycles. The molecule has 0 aliphatic heterocycles. The third-order valence-corrected chi connectivity index (χ3v) is 5.57. The molecule has 0 heterocycles. The Morgan fingerprint density at radius 3 is 2.03 bits per heavy atom. The Hall–Kier alpha value is -3.35. The van der Waals surface area contributed by atoms with Crippen LogP contribution in [0, 0.1) is 11.8 Å². The Bertz CT molecular complexity index is 926. The summed E-state index contributed by atoms with van der Waals surface area (Å²) >= 11 is 0.